The molecule has 11 rings (SSSR count). The predicted molar refractivity (Wildman–Crippen MR) is 252 cm³/mol. The quantitative estimate of drug-likeness (QED) is 0.154. The van der Waals surface area contributed by atoms with Crippen molar-refractivity contribution in [1.29, 1.82) is 0 Å². The number of para-hydroxylation sites is 1. The molecule has 0 fully saturated rings. The molecule has 0 bridgehead atoms. The number of benzene rings is 9. The Morgan fingerprint density at radius 1 is 0.246 bits per heavy atom. The van der Waals surface area contributed by atoms with Crippen molar-refractivity contribution in [2.75, 3.05) is 0 Å². The van der Waals surface area contributed by atoms with Gasteiger partial charge in [-0.3, -0.25) is 0 Å². The molecule has 0 N–H and O–H groups in total. The van der Waals surface area contributed by atoms with Crippen LogP contribution >= 0.6 is 0 Å². The van der Waals surface area contributed by atoms with Crippen molar-refractivity contribution < 1.29 is 0 Å². The third-order valence-electron chi connectivity index (χ3n) is 11.5. The van der Waals surface area contributed by atoms with E-state index in [0.29, 0.717) is 17.5 Å². The molecule has 0 aliphatic carbocycles. The van der Waals surface area contributed by atoms with Gasteiger partial charge in [0.05, 0.1) is 11.0 Å². The van der Waals surface area contributed by atoms with Gasteiger partial charge >= 0.3 is 0 Å². The van der Waals surface area contributed by atoms with E-state index in [9.17, 15) is 0 Å². The monoisotopic (exact) mass is 778 g/mol. The molecular weight excluding hydrogens is 741 g/mol. The summed E-state index contributed by atoms with van der Waals surface area (Å²) in [6.07, 6.45) is 0. The molecule has 2 heterocycles. The minimum Gasteiger partial charge on any atom is -0.309 e. The Bertz CT molecular complexity index is 3300. The fourth-order valence-corrected chi connectivity index (χ4v) is 8.43. The van der Waals surface area contributed by atoms with E-state index in [1.165, 1.54) is 16.5 Å². The first-order valence-electron chi connectivity index (χ1n) is 20.6. The van der Waals surface area contributed by atoms with Gasteiger partial charge in [0.1, 0.15) is 0 Å². The summed E-state index contributed by atoms with van der Waals surface area (Å²) in [6.45, 7) is 0. The average Bonchev–Trinajstić information content (AvgIpc) is 3.68. The van der Waals surface area contributed by atoms with Gasteiger partial charge < -0.3 is 4.57 Å². The van der Waals surface area contributed by atoms with Crippen molar-refractivity contribution in [2.45, 2.75) is 0 Å². The molecule has 4 heteroatoms. The summed E-state index contributed by atoms with van der Waals surface area (Å²) in [5.41, 5.74) is 15.2. The van der Waals surface area contributed by atoms with Crippen LogP contribution in [0.3, 0.4) is 0 Å². The largest absolute Gasteiger partial charge is 0.309 e. The highest BCUT2D eigenvalue weighted by Gasteiger charge is 2.21. The number of fused-ring (bicyclic) bond motifs is 3. The first-order chi connectivity index (χ1) is 30.2. The van der Waals surface area contributed by atoms with Crippen molar-refractivity contribution in [3.05, 3.63) is 231 Å². The van der Waals surface area contributed by atoms with Crippen molar-refractivity contribution in [1.82, 2.24) is 19.5 Å². The van der Waals surface area contributed by atoms with Crippen LogP contribution in [-0.4, -0.2) is 19.5 Å². The Hall–Kier alpha value is -8.21. The van der Waals surface area contributed by atoms with Gasteiger partial charge in [-0.05, 0) is 74.8 Å². The van der Waals surface area contributed by atoms with Crippen LogP contribution in [0.4, 0.5) is 0 Å². The molecule has 2 aromatic heterocycles. The summed E-state index contributed by atoms with van der Waals surface area (Å²) in [5.74, 6) is 1.85. The SMILES string of the molecule is c1ccc(-c2ccc(-c3cccc(-n4c5ccccc5c5cc(-c6ccccc6)c(-c6nc(-c7ccccc7)nc(-c7ccc(-c8ccccc8)cc7)n6)cc54)c3)cc2)cc1. The lowest BCUT2D eigenvalue weighted by molar-refractivity contribution is 1.07. The van der Waals surface area contributed by atoms with E-state index in [0.717, 1.165) is 72.2 Å². The molecule has 0 spiro atoms. The Morgan fingerprint density at radius 3 is 1.26 bits per heavy atom. The van der Waals surface area contributed by atoms with Gasteiger partial charge in [-0.15, -0.1) is 0 Å². The summed E-state index contributed by atoms with van der Waals surface area (Å²) in [5, 5.41) is 2.34. The van der Waals surface area contributed by atoms with Gasteiger partial charge in [0.15, 0.2) is 17.5 Å². The van der Waals surface area contributed by atoms with Gasteiger partial charge in [0, 0.05) is 33.2 Å². The fraction of sp³-hybridized carbons (Fsp3) is 0. The van der Waals surface area contributed by atoms with Crippen LogP contribution in [0, 0.1) is 0 Å². The van der Waals surface area contributed by atoms with Gasteiger partial charge in [-0.2, -0.15) is 0 Å². The molecule has 0 saturated carbocycles. The molecule has 0 saturated heterocycles. The van der Waals surface area contributed by atoms with Gasteiger partial charge in [-0.25, -0.2) is 15.0 Å². The van der Waals surface area contributed by atoms with E-state index >= 15 is 0 Å². The molecule has 0 radical (unpaired) electrons. The molecule has 9 aromatic carbocycles. The molecule has 0 aliphatic rings. The van der Waals surface area contributed by atoms with E-state index in [4.69, 9.17) is 15.0 Å². The molecule has 4 nitrogen and oxygen atoms in total. The van der Waals surface area contributed by atoms with Gasteiger partial charge in [0.2, 0.25) is 0 Å². The zero-order valence-electron chi connectivity index (χ0n) is 33.2. The number of nitrogens with zero attached hydrogens (tertiary/aromatic N) is 4. The van der Waals surface area contributed by atoms with Crippen LogP contribution in [-0.2, 0) is 0 Å². The van der Waals surface area contributed by atoms with Crippen LogP contribution in [0.25, 0.3) is 106 Å². The highest BCUT2D eigenvalue weighted by Crippen LogP contribution is 2.41. The van der Waals surface area contributed by atoms with Crippen LogP contribution in [0.1, 0.15) is 0 Å². The molecule has 0 amide bonds. The Balaban J connectivity index is 1.11. The number of aromatic nitrogens is 4. The topological polar surface area (TPSA) is 43.6 Å². The van der Waals surface area contributed by atoms with Crippen LogP contribution in [0.5, 0.6) is 0 Å². The lowest BCUT2D eigenvalue weighted by Crippen LogP contribution is -2.02. The number of hydrogen-bond acceptors (Lipinski definition) is 3. The maximum absolute atomic E-state index is 5.30. The second-order valence-corrected chi connectivity index (χ2v) is 15.2. The van der Waals surface area contributed by atoms with Gasteiger partial charge in [-0.1, -0.05) is 200 Å². The Kier molecular flexibility index (Phi) is 9.14. The number of hydrogen-bond donors (Lipinski definition) is 0. The molecule has 0 atom stereocenters. The fourth-order valence-electron chi connectivity index (χ4n) is 8.43. The normalized spacial score (nSPS) is 11.3. The van der Waals surface area contributed by atoms with Crippen molar-refractivity contribution in [3.63, 3.8) is 0 Å². The second kappa shape index (κ2) is 15.5. The van der Waals surface area contributed by atoms with E-state index in [1.54, 1.807) is 0 Å². The maximum atomic E-state index is 5.30. The van der Waals surface area contributed by atoms with Gasteiger partial charge in [0.25, 0.3) is 0 Å². The summed E-state index contributed by atoms with van der Waals surface area (Å²) in [6, 6.07) is 81.2. The second-order valence-electron chi connectivity index (χ2n) is 15.2. The molecule has 0 aliphatic heterocycles. The van der Waals surface area contributed by atoms with E-state index in [2.05, 4.69) is 211 Å². The van der Waals surface area contributed by atoms with E-state index in [1.807, 2.05) is 24.3 Å². The highest BCUT2D eigenvalue weighted by atomic mass is 15.0. The Labute approximate surface area is 354 Å². The summed E-state index contributed by atoms with van der Waals surface area (Å²) >= 11 is 0. The lowest BCUT2D eigenvalue weighted by atomic mass is 9.96. The molecular formula is C57H38N4. The first-order valence-corrected chi connectivity index (χ1v) is 20.6. The Morgan fingerprint density at radius 2 is 0.672 bits per heavy atom. The molecule has 61 heavy (non-hydrogen) atoms. The van der Waals surface area contributed by atoms with E-state index < -0.39 is 0 Å². The smallest absolute Gasteiger partial charge is 0.164 e. The molecule has 286 valence electrons. The van der Waals surface area contributed by atoms with Crippen LogP contribution in [0.15, 0.2) is 231 Å². The first kappa shape index (κ1) is 35.9. The minimum absolute atomic E-state index is 0.612. The zero-order chi connectivity index (χ0) is 40.5. The lowest BCUT2D eigenvalue weighted by Gasteiger charge is -2.15. The summed E-state index contributed by atoms with van der Waals surface area (Å²) in [4.78, 5) is 15.7. The number of rotatable bonds is 8. The van der Waals surface area contributed by atoms with Crippen LogP contribution < -0.4 is 0 Å². The standard InChI is InChI=1S/C57H38N4/c1-5-16-39(17-6-1)41-28-30-43(31-29-41)47-24-15-25-48(36-47)61-53-27-14-13-26-49(53)51-37-50(44-20-9-3-10-21-44)52(38-54(51)61)57-59-55(45-22-11-4-12-23-45)58-56(60-57)46-34-32-42(33-35-46)40-18-7-2-8-19-40/h1-38H. The van der Waals surface area contributed by atoms with Crippen LogP contribution in [0.2, 0.25) is 0 Å². The van der Waals surface area contributed by atoms with Crippen molar-refractivity contribution in [3.8, 4) is 84.4 Å². The average molecular weight is 779 g/mol. The minimum atomic E-state index is 0.612. The third-order valence-corrected chi connectivity index (χ3v) is 11.5. The maximum Gasteiger partial charge on any atom is 0.164 e. The molecule has 11 aromatic rings. The zero-order valence-corrected chi connectivity index (χ0v) is 33.2. The summed E-state index contributed by atoms with van der Waals surface area (Å²) in [7, 11) is 0. The predicted octanol–water partition coefficient (Wildman–Crippen LogP) is 14.6. The van der Waals surface area contributed by atoms with E-state index in [-0.39, 0.29) is 0 Å². The van der Waals surface area contributed by atoms with Crippen molar-refractivity contribution >= 4 is 21.8 Å². The van der Waals surface area contributed by atoms with Crippen molar-refractivity contribution in [2.24, 2.45) is 0 Å². The third kappa shape index (κ3) is 6.86. The highest BCUT2D eigenvalue weighted by molar-refractivity contribution is 6.12. The molecule has 0 unspecified atom stereocenters. The summed E-state index contributed by atoms with van der Waals surface area (Å²) < 4.78 is 2.38.